The fraction of sp³-hybridized carbons (Fsp3) is 0.267. The molecule has 0 aliphatic heterocycles. The summed E-state index contributed by atoms with van der Waals surface area (Å²) in [6, 6.07) is 10.7. The van der Waals surface area contributed by atoms with E-state index in [2.05, 4.69) is 4.98 Å². The summed E-state index contributed by atoms with van der Waals surface area (Å²) in [6.45, 7) is 0. The number of aromatic nitrogens is 1. The van der Waals surface area contributed by atoms with E-state index in [4.69, 9.17) is 11.6 Å². The van der Waals surface area contributed by atoms with Crippen LogP contribution in [0.5, 0.6) is 0 Å². The van der Waals surface area contributed by atoms with Crippen LogP contribution < -0.4 is 0 Å². The maximum Gasteiger partial charge on any atom is 0.295 e. The monoisotopic (exact) mass is 288 g/mol. The van der Waals surface area contributed by atoms with Gasteiger partial charge in [-0.2, -0.15) is 0 Å². The van der Waals surface area contributed by atoms with E-state index in [1.807, 2.05) is 24.3 Å². The van der Waals surface area contributed by atoms with Crippen LogP contribution in [0.1, 0.15) is 30.7 Å². The maximum atomic E-state index is 11.1. The van der Waals surface area contributed by atoms with Crippen molar-refractivity contribution in [3.05, 3.63) is 57.2 Å². The van der Waals surface area contributed by atoms with Crippen LogP contribution in [0.15, 0.2) is 36.4 Å². The summed E-state index contributed by atoms with van der Waals surface area (Å²) in [5.41, 5.74) is 2.32. The van der Waals surface area contributed by atoms with Crippen molar-refractivity contribution in [1.29, 1.82) is 0 Å². The Balaban J connectivity index is 1.99. The molecule has 0 spiro atoms. The van der Waals surface area contributed by atoms with Gasteiger partial charge in [0.15, 0.2) is 0 Å². The first-order valence-electron chi connectivity index (χ1n) is 6.56. The number of hydrogen-bond acceptors (Lipinski definition) is 3. The predicted molar refractivity (Wildman–Crippen MR) is 77.9 cm³/mol. The Kier molecular flexibility index (Phi) is 3.40. The lowest BCUT2D eigenvalue weighted by molar-refractivity contribution is -0.384. The van der Waals surface area contributed by atoms with Gasteiger partial charge < -0.3 is 0 Å². The predicted octanol–water partition coefficient (Wildman–Crippen LogP) is 4.58. The van der Waals surface area contributed by atoms with Crippen molar-refractivity contribution in [3.8, 4) is 11.3 Å². The number of halogens is 1. The van der Waals surface area contributed by atoms with Crippen LogP contribution in [-0.2, 0) is 0 Å². The van der Waals surface area contributed by atoms with Gasteiger partial charge in [-0.1, -0.05) is 42.3 Å². The first kappa shape index (κ1) is 13.1. The molecule has 3 rings (SSSR count). The molecule has 0 atom stereocenters. The number of rotatable bonds is 3. The molecule has 1 heterocycles. The average molecular weight is 289 g/mol. The second kappa shape index (κ2) is 5.21. The largest absolute Gasteiger partial charge is 0.295 e. The van der Waals surface area contributed by atoms with Crippen LogP contribution in [0, 0.1) is 10.1 Å². The Morgan fingerprint density at radius 1 is 1.15 bits per heavy atom. The van der Waals surface area contributed by atoms with E-state index >= 15 is 0 Å². The Morgan fingerprint density at radius 3 is 2.40 bits per heavy atom. The first-order chi connectivity index (χ1) is 9.65. The van der Waals surface area contributed by atoms with E-state index in [9.17, 15) is 10.1 Å². The van der Waals surface area contributed by atoms with Crippen LogP contribution in [0.25, 0.3) is 11.3 Å². The van der Waals surface area contributed by atoms with Crippen molar-refractivity contribution < 1.29 is 4.92 Å². The summed E-state index contributed by atoms with van der Waals surface area (Å²) in [7, 11) is 0. The van der Waals surface area contributed by atoms with Crippen LogP contribution in [0.4, 0.5) is 5.69 Å². The van der Waals surface area contributed by atoms with Gasteiger partial charge in [-0.15, -0.1) is 0 Å². The maximum absolute atomic E-state index is 11.1. The van der Waals surface area contributed by atoms with Gasteiger partial charge in [0.1, 0.15) is 10.8 Å². The second-order valence-corrected chi connectivity index (χ2v) is 5.40. The van der Waals surface area contributed by atoms with Crippen molar-refractivity contribution in [3.63, 3.8) is 0 Å². The van der Waals surface area contributed by atoms with Gasteiger partial charge in [0.05, 0.1) is 4.92 Å². The highest BCUT2D eigenvalue weighted by Gasteiger charge is 2.21. The SMILES string of the molecule is O=[N+]([O-])c1ccc(Cl)nc1-c1ccc(C2CCC2)cc1. The fourth-order valence-electron chi connectivity index (χ4n) is 2.44. The number of hydrogen-bond donors (Lipinski definition) is 0. The molecule has 2 aromatic rings. The molecule has 102 valence electrons. The summed E-state index contributed by atoms with van der Waals surface area (Å²) in [6.07, 6.45) is 3.75. The summed E-state index contributed by atoms with van der Waals surface area (Å²) in [5.74, 6) is 0.645. The molecule has 0 N–H and O–H groups in total. The van der Waals surface area contributed by atoms with Gasteiger partial charge in [0.2, 0.25) is 0 Å². The van der Waals surface area contributed by atoms with Crippen molar-refractivity contribution in [1.82, 2.24) is 4.98 Å². The fourth-order valence-corrected chi connectivity index (χ4v) is 2.59. The highest BCUT2D eigenvalue weighted by atomic mass is 35.5. The Labute approximate surface area is 121 Å². The molecule has 4 nitrogen and oxygen atoms in total. The molecule has 20 heavy (non-hydrogen) atoms. The molecule has 0 saturated heterocycles. The third kappa shape index (κ3) is 2.39. The van der Waals surface area contributed by atoms with Crippen molar-refractivity contribution >= 4 is 17.3 Å². The lowest BCUT2D eigenvalue weighted by Crippen LogP contribution is -2.08. The minimum atomic E-state index is -0.432. The summed E-state index contributed by atoms with van der Waals surface area (Å²) < 4.78 is 0. The smallest absolute Gasteiger partial charge is 0.258 e. The molecule has 1 aliphatic rings. The van der Waals surface area contributed by atoms with Crippen LogP contribution in [0.2, 0.25) is 5.15 Å². The summed E-state index contributed by atoms with van der Waals surface area (Å²) >= 11 is 5.85. The molecule has 0 amide bonds. The Hall–Kier alpha value is -1.94. The molecule has 1 aromatic heterocycles. The van der Waals surface area contributed by atoms with Gasteiger partial charge in [-0.05, 0) is 30.4 Å². The number of nitro groups is 1. The van der Waals surface area contributed by atoms with Gasteiger partial charge in [0, 0.05) is 11.6 Å². The third-order valence-electron chi connectivity index (χ3n) is 3.80. The van der Waals surface area contributed by atoms with Crippen LogP contribution in [-0.4, -0.2) is 9.91 Å². The standard InChI is InChI=1S/C15H13ClN2O2/c16-14-9-8-13(18(19)20)15(17-14)12-6-4-11(5-7-12)10-2-1-3-10/h4-10H,1-3H2. The van der Waals surface area contributed by atoms with Crippen molar-refractivity contribution in [2.75, 3.05) is 0 Å². The lowest BCUT2D eigenvalue weighted by Gasteiger charge is -2.25. The van der Waals surface area contributed by atoms with Crippen LogP contribution in [0.3, 0.4) is 0 Å². The average Bonchev–Trinajstić information content (AvgIpc) is 2.37. The molecule has 1 saturated carbocycles. The molecule has 1 aromatic carbocycles. The molecule has 1 aliphatic carbocycles. The topological polar surface area (TPSA) is 56.0 Å². The lowest BCUT2D eigenvalue weighted by atomic mass is 9.80. The highest BCUT2D eigenvalue weighted by molar-refractivity contribution is 6.29. The zero-order valence-electron chi connectivity index (χ0n) is 10.8. The number of nitrogens with zero attached hydrogens (tertiary/aromatic N) is 2. The van der Waals surface area contributed by atoms with Crippen molar-refractivity contribution in [2.24, 2.45) is 0 Å². The van der Waals surface area contributed by atoms with Gasteiger partial charge in [-0.25, -0.2) is 4.98 Å². The molecular weight excluding hydrogens is 276 g/mol. The van der Waals surface area contributed by atoms with E-state index < -0.39 is 4.92 Å². The summed E-state index contributed by atoms with van der Waals surface area (Å²) in [4.78, 5) is 14.7. The van der Waals surface area contributed by atoms with E-state index in [1.165, 1.54) is 37.0 Å². The van der Waals surface area contributed by atoms with Gasteiger partial charge in [-0.3, -0.25) is 10.1 Å². The zero-order valence-corrected chi connectivity index (χ0v) is 11.5. The van der Waals surface area contributed by atoms with E-state index in [-0.39, 0.29) is 10.8 Å². The minimum Gasteiger partial charge on any atom is -0.258 e. The Morgan fingerprint density at radius 2 is 1.85 bits per heavy atom. The van der Waals surface area contributed by atoms with Gasteiger partial charge >= 0.3 is 0 Å². The third-order valence-corrected chi connectivity index (χ3v) is 4.01. The van der Waals surface area contributed by atoms with E-state index in [0.29, 0.717) is 11.6 Å². The van der Waals surface area contributed by atoms with Crippen molar-refractivity contribution in [2.45, 2.75) is 25.2 Å². The molecular formula is C15H13ClN2O2. The minimum absolute atomic E-state index is 0.0224. The highest BCUT2D eigenvalue weighted by Crippen LogP contribution is 2.37. The normalized spacial score (nSPS) is 14.8. The van der Waals surface area contributed by atoms with Crippen LogP contribution >= 0.6 is 11.6 Å². The molecule has 1 fully saturated rings. The molecule has 0 unspecified atom stereocenters. The zero-order chi connectivity index (χ0) is 14.1. The number of pyridine rings is 1. The second-order valence-electron chi connectivity index (χ2n) is 5.01. The first-order valence-corrected chi connectivity index (χ1v) is 6.94. The van der Waals surface area contributed by atoms with Gasteiger partial charge in [0.25, 0.3) is 5.69 Å². The molecule has 5 heteroatoms. The molecule has 0 bridgehead atoms. The van der Waals surface area contributed by atoms with E-state index in [1.54, 1.807) is 0 Å². The summed E-state index contributed by atoms with van der Waals surface area (Å²) in [5, 5.41) is 11.3. The Bertz CT molecular complexity index is 651. The molecule has 0 radical (unpaired) electrons. The quantitative estimate of drug-likeness (QED) is 0.472. The number of benzene rings is 1. The van der Waals surface area contributed by atoms with E-state index in [0.717, 1.165) is 5.56 Å².